The number of nitrogens with zero attached hydrogens (tertiary/aromatic N) is 3. The molecule has 0 rings (SSSR count). The quantitative estimate of drug-likeness (QED) is 0.185. The second-order valence-corrected chi connectivity index (χ2v) is 1.37. The van der Waals surface area contributed by atoms with Gasteiger partial charge < -0.3 is 0 Å². The van der Waals surface area contributed by atoms with Crippen molar-refractivity contribution < 1.29 is 4.79 Å². The molecule has 0 aliphatic rings. The first-order valence-electron chi connectivity index (χ1n) is 2.46. The van der Waals surface area contributed by atoms with Gasteiger partial charge in [-0.1, -0.05) is 11.2 Å². The average Bonchev–Trinajstić information content (AvgIpc) is 1.91. The lowest BCUT2D eigenvalue weighted by atomic mass is 10.3. The zero-order chi connectivity index (χ0) is 7.11. The Bertz CT molecular complexity index is 167. The summed E-state index contributed by atoms with van der Waals surface area (Å²) in [6.07, 6.45) is 2.29. The average molecular weight is 125 g/mol. The number of carbonyl (C=O) groups excluding carboxylic acids is 1. The van der Waals surface area contributed by atoms with E-state index >= 15 is 0 Å². The minimum atomic E-state index is 0.149. The Morgan fingerprint density at radius 3 is 2.89 bits per heavy atom. The number of azide groups is 1. The van der Waals surface area contributed by atoms with Crippen molar-refractivity contribution in [1.82, 2.24) is 0 Å². The van der Waals surface area contributed by atoms with Gasteiger partial charge in [-0.05, 0) is 18.0 Å². The van der Waals surface area contributed by atoms with Crippen LogP contribution in [0.3, 0.4) is 0 Å². The van der Waals surface area contributed by atoms with Gasteiger partial charge in [0, 0.05) is 4.91 Å². The molecular weight excluding hydrogens is 118 g/mol. The molecule has 48 valence electrons. The van der Waals surface area contributed by atoms with Crippen molar-refractivity contribution >= 4 is 6.29 Å². The van der Waals surface area contributed by atoms with Gasteiger partial charge in [0.15, 0.2) is 0 Å². The fourth-order valence-corrected chi connectivity index (χ4v) is 0.310. The van der Waals surface area contributed by atoms with Gasteiger partial charge in [-0.25, -0.2) is 0 Å². The van der Waals surface area contributed by atoms with E-state index in [1.54, 1.807) is 13.0 Å². The highest BCUT2D eigenvalue weighted by Crippen LogP contribution is 1.88. The second kappa shape index (κ2) is 4.87. The van der Waals surface area contributed by atoms with Gasteiger partial charge in [-0.15, -0.1) is 0 Å². The Labute approximate surface area is 52.8 Å². The summed E-state index contributed by atoms with van der Waals surface area (Å²) in [4.78, 5) is 12.5. The molecule has 0 aromatic heterocycles. The minimum Gasteiger partial charge on any atom is -0.298 e. The monoisotopic (exact) mass is 125 g/mol. The third-order valence-electron chi connectivity index (χ3n) is 0.839. The molecule has 0 unspecified atom stereocenters. The summed E-state index contributed by atoms with van der Waals surface area (Å²) >= 11 is 0. The second-order valence-electron chi connectivity index (χ2n) is 1.37. The van der Waals surface area contributed by atoms with Gasteiger partial charge in [-0.2, -0.15) is 0 Å². The van der Waals surface area contributed by atoms with Gasteiger partial charge >= 0.3 is 0 Å². The molecule has 0 aliphatic carbocycles. The Morgan fingerprint density at radius 2 is 2.56 bits per heavy atom. The smallest absolute Gasteiger partial charge is 0.145 e. The van der Waals surface area contributed by atoms with Crippen LogP contribution in [0.2, 0.25) is 0 Å². The van der Waals surface area contributed by atoms with Crippen LogP contribution in [0, 0.1) is 0 Å². The lowest BCUT2D eigenvalue weighted by Gasteiger charge is -1.85. The summed E-state index contributed by atoms with van der Waals surface area (Å²) in [5.74, 6) is 0. The van der Waals surface area contributed by atoms with Crippen molar-refractivity contribution in [3.63, 3.8) is 0 Å². The summed E-state index contributed by atoms with van der Waals surface area (Å²) in [6, 6.07) is 0. The third kappa shape index (κ3) is 3.32. The van der Waals surface area contributed by atoms with E-state index in [0.717, 1.165) is 0 Å². The lowest BCUT2D eigenvalue weighted by Crippen LogP contribution is -1.86. The van der Waals surface area contributed by atoms with E-state index < -0.39 is 0 Å². The Kier molecular flexibility index (Phi) is 4.18. The summed E-state index contributed by atoms with van der Waals surface area (Å²) in [7, 11) is 0. The van der Waals surface area contributed by atoms with E-state index in [4.69, 9.17) is 5.53 Å². The number of aldehydes is 1. The van der Waals surface area contributed by atoms with Crippen molar-refractivity contribution in [2.45, 2.75) is 6.92 Å². The van der Waals surface area contributed by atoms with Crippen LogP contribution in [0.5, 0.6) is 0 Å². The van der Waals surface area contributed by atoms with Crippen LogP contribution in [0.25, 0.3) is 10.4 Å². The molecule has 0 bridgehead atoms. The molecule has 0 spiro atoms. The van der Waals surface area contributed by atoms with E-state index in [-0.39, 0.29) is 6.54 Å². The van der Waals surface area contributed by atoms with Gasteiger partial charge in [0.05, 0.1) is 6.54 Å². The summed E-state index contributed by atoms with van der Waals surface area (Å²) in [5.41, 5.74) is 8.33. The molecular formula is C5H7N3O. The molecule has 0 amide bonds. The van der Waals surface area contributed by atoms with Crippen molar-refractivity contribution in [3.8, 4) is 0 Å². The lowest BCUT2D eigenvalue weighted by molar-refractivity contribution is -0.104. The van der Waals surface area contributed by atoms with Crippen molar-refractivity contribution in [2.75, 3.05) is 6.54 Å². The molecule has 0 saturated heterocycles. The first-order chi connectivity index (χ1) is 4.35. The first kappa shape index (κ1) is 7.72. The van der Waals surface area contributed by atoms with E-state index in [1.165, 1.54) is 0 Å². The maximum atomic E-state index is 9.99. The van der Waals surface area contributed by atoms with E-state index in [2.05, 4.69) is 10.0 Å². The van der Waals surface area contributed by atoms with Crippen molar-refractivity contribution in [2.24, 2.45) is 5.11 Å². The van der Waals surface area contributed by atoms with Gasteiger partial charge in [-0.3, -0.25) is 4.79 Å². The number of allylic oxidation sites excluding steroid dienone is 1. The molecule has 0 aromatic carbocycles. The molecule has 0 aliphatic heterocycles. The molecule has 0 fully saturated rings. The van der Waals surface area contributed by atoms with Crippen LogP contribution in [-0.2, 0) is 4.79 Å². The van der Waals surface area contributed by atoms with E-state index in [0.29, 0.717) is 11.9 Å². The predicted molar refractivity (Wildman–Crippen MR) is 33.8 cm³/mol. The standard InChI is InChI=1S/C5H7N3O/c1-2-5(4-9)3-7-8-6/h2,4H,3H2,1H3/b5-2-. The highest BCUT2D eigenvalue weighted by atomic mass is 16.1. The Hall–Kier alpha value is -1.28. The molecule has 0 aromatic rings. The zero-order valence-corrected chi connectivity index (χ0v) is 5.11. The summed E-state index contributed by atoms with van der Waals surface area (Å²) < 4.78 is 0. The molecule has 0 atom stereocenters. The fourth-order valence-electron chi connectivity index (χ4n) is 0.310. The SMILES string of the molecule is C/C=C(\C=O)CN=[N+]=[N-]. The minimum absolute atomic E-state index is 0.149. The van der Waals surface area contributed by atoms with Crippen molar-refractivity contribution in [1.29, 1.82) is 0 Å². The van der Waals surface area contributed by atoms with Crippen LogP contribution >= 0.6 is 0 Å². The fraction of sp³-hybridized carbons (Fsp3) is 0.400. The number of carbonyl (C=O) groups is 1. The number of hydrogen-bond donors (Lipinski definition) is 0. The number of hydrogen-bond acceptors (Lipinski definition) is 2. The van der Waals surface area contributed by atoms with Crippen LogP contribution in [0.4, 0.5) is 0 Å². The maximum Gasteiger partial charge on any atom is 0.145 e. The number of rotatable bonds is 3. The van der Waals surface area contributed by atoms with Crippen LogP contribution in [0.15, 0.2) is 16.8 Å². The largest absolute Gasteiger partial charge is 0.298 e. The van der Waals surface area contributed by atoms with E-state index in [9.17, 15) is 4.79 Å². The van der Waals surface area contributed by atoms with Crippen LogP contribution in [0.1, 0.15) is 6.92 Å². The van der Waals surface area contributed by atoms with Crippen molar-refractivity contribution in [3.05, 3.63) is 22.1 Å². The highest BCUT2D eigenvalue weighted by Gasteiger charge is 1.86. The summed E-state index contributed by atoms with van der Waals surface area (Å²) in [5, 5.41) is 3.19. The topological polar surface area (TPSA) is 65.8 Å². The molecule has 0 N–H and O–H groups in total. The van der Waals surface area contributed by atoms with Crippen LogP contribution in [-0.4, -0.2) is 12.8 Å². The van der Waals surface area contributed by atoms with E-state index in [1.807, 2.05) is 0 Å². The Balaban J connectivity index is 3.85. The first-order valence-corrected chi connectivity index (χ1v) is 2.46. The Morgan fingerprint density at radius 1 is 1.89 bits per heavy atom. The zero-order valence-electron chi connectivity index (χ0n) is 5.11. The molecule has 0 radical (unpaired) electrons. The molecule has 4 nitrogen and oxygen atoms in total. The highest BCUT2D eigenvalue weighted by molar-refractivity contribution is 5.73. The summed E-state index contributed by atoms with van der Waals surface area (Å²) in [6.45, 7) is 1.87. The molecule has 0 heterocycles. The third-order valence-corrected chi connectivity index (χ3v) is 0.839. The predicted octanol–water partition coefficient (Wildman–Crippen LogP) is 1.44. The molecule has 4 heteroatoms. The van der Waals surface area contributed by atoms with Gasteiger partial charge in [0.1, 0.15) is 6.29 Å². The van der Waals surface area contributed by atoms with Gasteiger partial charge in [0.25, 0.3) is 0 Å². The van der Waals surface area contributed by atoms with Gasteiger partial charge in [0.2, 0.25) is 0 Å². The molecule has 9 heavy (non-hydrogen) atoms. The maximum absolute atomic E-state index is 9.99. The normalized spacial score (nSPS) is 10.1. The van der Waals surface area contributed by atoms with Crippen LogP contribution < -0.4 is 0 Å². The molecule has 0 saturated carbocycles.